The number of hydrogen-bond donors (Lipinski definition) is 0. The lowest BCUT2D eigenvalue weighted by Crippen LogP contribution is -2.22. The smallest absolute Gasteiger partial charge is 0.351 e. The fourth-order valence-corrected chi connectivity index (χ4v) is 1.93. The van der Waals surface area contributed by atoms with Crippen LogP contribution in [0.5, 0.6) is 0 Å². The lowest BCUT2D eigenvalue weighted by molar-refractivity contribution is -0.132. The molecule has 6 heteroatoms. The molecule has 0 atom stereocenters. The van der Waals surface area contributed by atoms with Crippen molar-refractivity contribution in [1.82, 2.24) is 9.55 Å². The Morgan fingerprint density at radius 2 is 2.14 bits per heavy atom. The maximum atomic E-state index is 12.3. The Morgan fingerprint density at radius 1 is 1.43 bits per heavy atom. The number of esters is 2. The molecule has 0 aliphatic rings. The first-order chi connectivity index (χ1) is 9.97. The summed E-state index contributed by atoms with van der Waals surface area (Å²) >= 11 is 0. The number of ether oxygens (including phenoxy) is 1. The molecule has 0 spiro atoms. The zero-order valence-corrected chi connectivity index (χ0v) is 11.8. The molecule has 0 saturated heterocycles. The van der Waals surface area contributed by atoms with Gasteiger partial charge in [0.15, 0.2) is 0 Å². The third kappa shape index (κ3) is 2.74. The van der Waals surface area contributed by atoms with Crippen molar-refractivity contribution in [3.8, 4) is 0 Å². The fourth-order valence-electron chi connectivity index (χ4n) is 1.93. The van der Waals surface area contributed by atoms with E-state index in [1.54, 1.807) is 16.7 Å². The van der Waals surface area contributed by atoms with Crippen molar-refractivity contribution in [2.45, 2.75) is 20.4 Å². The van der Waals surface area contributed by atoms with Crippen molar-refractivity contribution in [1.29, 1.82) is 0 Å². The van der Waals surface area contributed by atoms with Gasteiger partial charge in [0.05, 0.1) is 5.39 Å². The van der Waals surface area contributed by atoms with E-state index in [1.165, 1.54) is 6.20 Å². The lowest BCUT2D eigenvalue weighted by Gasteiger charge is -2.10. The number of pyridine rings is 2. The van der Waals surface area contributed by atoms with Crippen LogP contribution in [0.1, 0.15) is 23.0 Å². The summed E-state index contributed by atoms with van der Waals surface area (Å²) in [5.74, 6) is -1.89. The Kier molecular flexibility index (Phi) is 3.98. The lowest BCUT2D eigenvalue weighted by atomic mass is 10.2. The summed E-state index contributed by atoms with van der Waals surface area (Å²) in [5, 5.41) is 0.308. The summed E-state index contributed by atoms with van der Waals surface area (Å²) < 4.78 is 6.17. The first kappa shape index (κ1) is 14.6. The van der Waals surface area contributed by atoms with E-state index in [0.717, 1.165) is 11.8 Å². The second kappa shape index (κ2) is 5.70. The van der Waals surface area contributed by atoms with Crippen LogP contribution in [0.4, 0.5) is 0 Å². The minimum atomic E-state index is -0.991. The van der Waals surface area contributed by atoms with Crippen molar-refractivity contribution in [3.05, 3.63) is 52.5 Å². The van der Waals surface area contributed by atoms with Crippen LogP contribution in [0.15, 0.2) is 35.8 Å². The van der Waals surface area contributed by atoms with Crippen molar-refractivity contribution in [3.63, 3.8) is 0 Å². The van der Waals surface area contributed by atoms with Crippen LogP contribution >= 0.6 is 0 Å². The summed E-state index contributed by atoms with van der Waals surface area (Å²) in [4.78, 5) is 39.6. The van der Waals surface area contributed by atoms with E-state index in [9.17, 15) is 14.4 Å². The van der Waals surface area contributed by atoms with Gasteiger partial charge in [0.1, 0.15) is 11.2 Å². The molecule has 0 aromatic carbocycles. The van der Waals surface area contributed by atoms with Gasteiger partial charge in [-0.15, -0.1) is 0 Å². The standard InChI is InChI=1S/C15H14N2O4/c1-4-12(18)21-15(20)11-8-17(5-2)14-10(13(11)19)7-6-9(3)16-14/h4,6-8H,1,5H2,2-3H3. The highest BCUT2D eigenvalue weighted by atomic mass is 16.6. The van der Waals surface area contributed by atoms with E-state index in [-0.39, 0.29) is 5.56 Å². The van der Waals surface area contributed by atoms with Crippen LogP contribution in [-0.4, -0.2) is 21.5 Å². The van der Waals surface area contributed by atoms with E-state index in [2.05, 4.69) is 16.3 Å². The van der Waals surface area contributed by atoms with Gasteiger partial charge in [-0.3, -0.25) is 4.79 Å². The van der Waals surface area contributed by atoms with Crippen LogP contribution in [0, 0.1) is 6.92 Å². The van der Waals surface area contributed by atoms with Gasteiger partial charge in [0, 0.05) is 24.5 Å². The molecule has 2 aromatic rings. The molecular weight excluding hydrogens is 272 g/mol. The maximum Gasteiger partial charge on any atom is 0.351 e. The number of carbonyl (C=O) groups is 2. The van der Waals surface area contributed by atoms with Crippen molar-refractivity contribution in [2.24, 2.45) is 0 Å². The van der Waals surface area contributed by atoms with Gasteiger partial charge >= 0.3 is 11.9 Å². The van der Waals surface area contributed by atoms with Gasteiger partial charge in [-0.05, 0) is 26.0 Å². The molecule has 2 heterocycles. The second-order valence-corrected chi connectivity index (χ2v) is 4.39. The predicted molar refractivity (Wildman–Crippen MR) is 77.0 cm³/mol. The first-order valence-electron chi connectivity index (χ1n) is 6.37. The van der Waals surface area contributed by atoms with Crippen molar-refractivity contribution < 1.29 is 14.3 Å². The SMILES string of the molecule is C=CC(=O)OC(=O)c1cn(CC)c2nc(C)ccc2c1=O. The summed E-state index contributed by atoms with van der Waals surface area (Å²) in [7, 11) is 0. The molecule has 0 fully saturated rings. The number of nitrogens with zero attached hydrogens (tertiary/aromatic N) is 2. The third-order valence-electron chi connectivity index (χ3n) is 2.98. The second-order valence-electron chi connectivity index (χ2n) is 4.39. The molecule has 0 bridgehead atoms. The van der Waals surface area contributed by atoms with Crippen molar-refractivity contribution in [2.75, 3.05) is 0 Å². The van der Waals surface area contributed by atoms with Crippen LogP contribution in [0.3, 0.4) is 0 Å². The molecular formula is C15H14N2O4. The number of fused-ring (bicyclic) bond motifs is 1. The normalized spacial score (nSPS) is 10.4. The fraction of sp³-hybridized carbons (Fsp3) is 0.200. The molecule has 6 nitrogen and oxygen atoms in total. The zero-order valence-electron chi connectivity index (χ0n) is 11.8. The molecule has 0 aliphatic carbocycles. The Labute approximate surface area is 120 Å². The molecule has 108 valence electrons. The zero-order chi connectivity index (χ0) is 15.6. The molecule has 0 radical (unpaired) electrons. The summed E-state index contributed by atoms with van der Waals surface area (Å²) in [6, 6.07) is 3.30. The van der Waals surface area contributed by atoms with E-state index in [4.69, 9.17) is 0 Å². The van der Waals surface area contributed by atoms with Gasteiger partial charge in [0.2, 0.25) is 5.43 Å². The molecule has 2 rings (SSSR count). The molecule has 0 N–H and O–H groups in total. The molecule has 0 amide bonds. The van der Waals surface area contributed by atoms with Crippen LogP contribution < -0.4 is 5.43 Å². The summed E-state index contributed by atoms with van der Waals surface area (Å²) in [5.41, 5.74) is 0.546. The number of aryl methyl sites for hydroxylation is 2. The van der Waals surface area contributed by atoms with Crippen molar-refractivity contribution >= 4 is 23.0 Å². The van der Waals surface area contributed by atoms with Crippen LogP contribution in [0.25, 0.3) is 11.0 Å². The average molecular weight is 286 g/mol. The van der Waals surface area contributed by atoms with Gasteiger partial charge < -0.3 is 9.30 Å². The quantitative estimate of drug-likeness (QED) is 0.486. The maximum absolute atomic E-state index is 12.3. The number of carbonyl (C=O) groups excluding carboxylic acids is 2. The first-order valence-corrected chi connectivity index (χ1v) is 6.37. The summed E-state index contributed by atoms with van der Waals surface area (Å²) in [6.45, 7) is 7.39. The largest absolute Gasteiger partial charge is 0.386 e. The topological polar surface area (TPSA) is 78.3 Å². The monoisotopic (exact) mass is 286 g/mol. The molecule has 2 aromatic heterocycles. The molecule has 0 unspecified atom stereocenters. The Bertz CT molecular complexity index is 805. The van der Waals surface area contributed by atoms with Gasteiger partial charge in [-0.25, -0.2) is 14.6 Å². The Hall–Kier alpha value is -2.76. The Morgan fingerprint density at radius 3 is 2.76 bits per heavy atom. The van der Waals surface area contributed by atoms with E-state index in [0.29, 0.717) is 17.6 Å². The van der Waals surface area contributed by atoms with E-state index in [1.807, 2.05) is 13.8 Å². The highest BCUT2D eigenvalue weighted by Crippen LogP contribution is 2.11. The minimum Gasteiger partial charge on any atom is -0.386 e. The average Bonchev–Trinajstić information content (AvgIpc) is 2.47. The molecule has 0 saturated carbocycles. The molecule has 0 aliphatic heterocycles. The van der Waals surface area contributed by atoms with Gasteiger partial charge in [-0.2, -0.15) is 0 Å². The van der Waals surface area contributed by atoms with Gasteiger partial charge in [0.25, 0.3) is 0 Å². The number of aromatic nitrogens is 2. The predicted octanol–water partition coefficient (Wildman–Crippen LogP) is 1.59. The minimum absolute atomic E-state index is 0.204. The van der Waals surface area contributed by atoms with Gasteiger partial charge in [-0.1, -0.05) is 6.58 Å². The summed E-state index contributed by atoms with van der Waals surface area (Å²) in [6.07, 6.45) is 2.22. The van der Waals surface area contributed by atoms with Crippen LogP contribution in [0.2, 0.25) is 0 Å². The number of hydrogen-bond acceptors (Lipinski definition) is 5. The highest BCUT2D eigenvalue weighted by Gasteiger charge is 2.18. The van der Waals surface area contributed by atoms with Crippen LogP contribution in [-0.2, 0) is 16.1 Å². The van der Waals surface area contributed by atoms with E-state index >= 15 is 0 Å². The highest BCUT2D eigenvalue weighted by molar-refractivity contribution is 6.01. The third-order valence-corrected chi connectivity index (χ3v) is 2.98. The molecule has 21 heavy (non-hydrogen) atoms. The van der Waals surface area contributed by atoms with E-state index < -0.39 is 17.4 Å². The number of rotatable bonds is 3. The Balaban J connectivity index is 2.66.